The van der Waals surface area contributed by atoms with Crippen LogP contribution in [-0.2, 0) is 29.4 Å². The second-order valence-corrected chi connectivity index (χ2v) is 11.2. The minimum absolute atomic E-state index is 0.105. The van der Waals surface area contributed by atoms with Gasteiger partial charge in [-0.1, -0.05) is 41.4 Å². The first-order valence-corrected chi connectivity index (χ1v) is 14.0. The Bertz CT molecular complexity index is 1280. The summed E-state index contributed by atoms with van der Waals surface area (Å²) in [6, 6.07) is 5.01. The summed E-state index contributed by atoms with van der Waals surface area (Å²) in [6.07, 6.45) is 4.54. The standard InChI is InChI=1S/C24H26Cl2N4O4S2/c1-13(34-17-10-9-14(25)11-16(17)26)21-28-29-24(30(21)2)35-12-19(31)27-22-20(23(32)33-3)15-7-5-4-6-8-18(15)36-22/h9-11,13H,4-8,12H2,1-3H3,(H,27,31). The van der Waals surface area contributed by atoms with Crippen molar-refractivity contribution < 1.29 is 19.1 Å². The van der Waals surface area contributed by atoms with Crippen LogP contribution >= 0.6 is 46.3 Å². The number of fused-ring (bicyclic) bond motifs is 1. The number of carbonyl (C=O) groups is 2. The number of rotatable bonds is 8. The van der Waals surface area contributed by atoms with Crippen LogP contribution in [0.5, 0.6) is 5.75 Å². The SMILES string of the molecule is COC(=O)c1c(NC(=O)CSc2nnc(C(C)Oc3ccc(Cl)cc3Cl)n2C)sc2c1CCCCC2. The molecule has 1 N–H and O–H groups in total. The van der Waals surface area contributed by atoms with Crippen molar-refractivity contribution in [3.8, 4) is 5.75 Å². The lowest BCUT2D eigenvalue weighted by Gasteiger charge is -2.15. The third-order valence-electron chi connectivity index (χ3n) is 5.83. The van der Waals surface area contributed by atoms with Crippen LogP contribution in [0.2, 0.25) is 10.0 Å². The first-order valence-electron chi connectivity index (χ1n) is 11.4. The highest BCUT2D eigenvalue weighted by molar-refractivity contribution is 7.99. The van der Waals surface area contributed by atoms with Gasteiger partial charge in [0.1, 0.15) is 10.8 Å². The molecule has 1 atom stereocenters. The molecule has 192 valence electrons. The summed E-state index contributed by atoms with van der Waals surface area (Å²) in [6.45, 7) is 1.84. The maximum Gasteiger partial charge on any atom is 0.341 e. The third-order valence-corrected chi connectivity index (χ3v) is 8.58. The van der Waals surface area contributed by atoms with Crippen LogP contribution in [0.4, 0.5) is 5.00 Å². The van der Waals surface area contributed by atoms with Gasteiger partial charge in [-0.2, -0.15) is 0 Å². The number of halogens is 2. The van der Waals surface area contributed by atoms with Gasteiger partial charge in [-0.25, -0.2) is 4.79 Å². The van der Waals surface area contributed by atoms with E-state index in [4.69, 9.17) is 32.7 Å². The molecule has 0 spiro atoms. The van der Waals surface area contributed by atoms with E-state index in [-0.39, 0.29) is 11.7 Å². The monoisotopic (exact) mass is 568 g/mol. The number of amides is 1. The lowest BCUT2D eigenvalue weighted by atomic mass is 10.1. The van der Waals surface area contributed by atoms with Crippen molar-refractivity contribution in [1.29, 1.82) is 0 Å². The van der Waals surface area contributed by atoms with Crippen LogP contribution in [0.3, 0.4) is 0 Å². The molecule has 0 saturated heterocycles. The van der Waals surface area contributed by atoms with Gasteiger partial charge in [-0.3, -0.25) is 4.79 Å². The van der Waals surface area contributed by atoms with Gasteiger partial charge in [0.2, 0.25) is 5.91 Å². The topological polar surface area (TPSA) is 95.3 Å². The van der Waals surface area contributed by atoms with Crippen LogP contribution in [0.15, 0.2) is 23.4 Å². The summed E-state index contributed by atoms with van der Waals surface area (Å²) >= 11 is 14.9. The van der Waals surface area contributed by atoms with Gasteiger partial charge in [-0.05, 0) is 56.4 Å². The van der Waals surface area contributed by atoms with Crippen molar-refractivity contribution in [2.45, 2.75) is 50.3 Å². The average molecular weight is 570 g/mol. The second-order valence-electron chi connectivity index (χ2n) is 8.33. The van der Waals surface area contributed by atoms with Gasteiger partial charge in [0.05, 0.1) is 23.4 Å². The highest BCUT2D eigenvalue weighted by Crippen LogP contribution is 2.38. The molecule has 1 aliphatic carbocycles. The summed E-state index contributed by atoms with van der Waals surface area (Å²) in [7, 11) is 3.17. The Morgan fingerprint density at radius 3 is 2.75 bits per heavy atom. The molecule has 1 amide bonds. The predicted octanol–water partition coefficient (Wildman–Crippen LogP) is 6.11. The number of nitrogens with zero attached hydrogens (tertiary/aromatic N) is 3. The number of methoxy groups -OCH3 is 1. The van der Waals surface area contributed by atoms with E-state index in [1.165, 1.54) is 30.2 Å². The largest absolute Gasteiger partial charge is 0.481 e. The van der Waals surface area contributed by atoms with E-state index in [9.17, 15) is 9.59 Å². The van der Waals surface area contributed by atoms with Gasteiger partial charge >= 0.3 is 5.97 Å². The van der Waals surface area contributed by atoms with E-state index >= 15 is 0 Å². The number of thioether (sulfide) groups is 1. The Morgan fingerprint density at radius 2 is 2.00 bits per heavy atom. The maximum atomic E-state index is 12.8. The average Bonchev–Trinajstić information content (AvgIpc) is 3.29. The van der Waals surface area contributed by atoms with Gasteiger partial charge in [0.15, 0.2) is 17.1 Å². The minimum atomic E-state index is -0.437. The molecule has 36 heavy (non-hydrogen) atoms. The van der Waals surface area contributed by atoms with E-state index in [0.29, 0.717) is 37.3 Å². The number of esters is 1. The molecule has 0 bridgehead atoms. The number of aryl methyl sites for hydroxylation is 1. The van der Waals surface area contributed by atoms with Gasteiger partial charge in [0.25, 0.3) is 0 Å². The predicted molar refractivity (Wildman–Crippen MR) is 143 cm³/mol. The molecule has 2 aromatic heterocycles. The fourth-order valence-electron chi connectivity index (χ4n) is 4.06. The quantitative estimate of drug-likeness (QED) is 0.199. The van der Waals surface area contributed by atoms with Crippen LogP contribution in [0.25, 0.3) is 0 Å². The molecule has 1 aliphatic rings. The molecule has 8 nitrogen and oxygen atoms in total. The molecule has 1 aromatic carbocycles. The van der Waals surface area contributed by atoms with Crippen LogP contribution < -0.4 is 10.1 Å². The first-order chi connectivity index (χ1) is 17.3. The van der Waals surface area contributed by atoms with Crippen molar-refractivity contribution in [2.75, 3.05) is 18.2 Å². The summed E-state index contributed by atoms with van der Waals surface area (Å²) in [5.41, 5.74) is 1.51. The number of benzene rings is 1. The summed E-state index contributed by atoms with van der Waals surface area (Å²) < 4.78 is 12.7. The highest BCUT2D eigenvalue weighted by atomic mass is 35.5. The van der Waals surface area contributed by atoms with E-state index in [2.05, 4.69) is 15.5 Å². The van der Waals surface area contributed by atoms with Crippen LogP contribution in [0.1, 0.15) is 58.9 Å². The van der Waals surface area contributed by atoms with Gasteiger partial charge in [-0.15, -0.1) is 21.5 Å². The van der Waals surface area contributed by atoms with Crippen molar-refractivity contribution >= 4 is 63.2 Å². The molecule has 0 radical (unpaired) electrons. The number of anilines is 1. The molecule has 3 aromatic rings. The number of carbonyl (C=O) groups excluding carboxylic acids is 2. The first kappa shape index (κ1) is 26.8. The zero-order chi connectivity index (χ0) is 25.8. The Labute approximate surface area is 227 Å². The third kappa shape index (κ3) is 5.99. The second kappa shape index (κ2) is 11.9. The molecular formula is C24H26Cl2N4O4S2. The number of aromatic nitrogens is 3. The lowest BCUT2D eigenvalue weighted by molar-refractivity contribution is -0.113. The molecule has 12 heteroatoms. The summed E-state index contributed by atoms with van der Waals surface area (Å²) in [5, 5.41) is 13.4. The number of hydrogen-bond acceptors (Lipinski definition) is 8. The lowest BCUT2D eigenvalue weighted by Crippen LogP contribution is -2.17. The molecule has 4 rings (SSSR count). The van der Waals surface area contributed by atoms with E-state index < -0.39 is 12.1 Å². The number of thiophene rings is 1. The molecule has 2 heterocycles. The zero-order valence-electron chi connectivity index (χ0n) is 20.1. The van der Waals surface area contributed by atoms with Crippen molar-refractivity contribution in [2.24, 2.45) is 7.05 Å². The van der Waals surface area contributed by atoms with Crippen LogP contribution in [0, 0.1) is 0 Å². The smallest absolute Gasteiger partial charge is 0.341 e. The highest BCUT2D eigenvalue weighted by Gasteiger charge is 2.26. The number of ether oxygens (including phenoxy) is 2. The number of nitrogens with one attached hydrogen (secondary N) is 1. The Morgan fingerprint density at radius 1 is 1.22 bits per heavy atom. The summed E-state index contributed by atoms with van der Waals surface area (Å²) in [5.74, 6) is 0.529. The summed E-state index contributed by atoms with van der Waals surface area (Å²) in [4.78, 5) is 26.5. The molecular weight excluding hydrogens is 543 g/mol. The van der Waals surface area contributed by atoms with Gasteiger partial charge in [0, 0.05) is 16.9 Å². The van der Waals surface area contributed by atoms with Gasteiger partial charge < -0.3 is 19.4 Å². The zero-order valence-corrected chi connectivity index (χ0v) is 23.2. The normalized spacial score (nSPS) is 14.0. The maximum absolute atomic E-state index is 12.8. The van der Waals surface area contributed by atoms with E-state index in [1.54, 1.807) is 22.8 Å². The van der Waals surface area contributed by atoms with E-state index in [1.807, 2.05) is 14.0 Å². The minimum Gasteiger partial charge on any atom is -0.481 e. The number of hydrogen-bond donors (Lipinski definition) is 1. The van der Waals surface area contributed by atoms with Crippen molar-refractivity contribution in [1.82, 2.24) is 14.8 Å². The Kier molecular flexibility index (Phi) is 8.82. The van der Waals surface area contributed by atoms with Crippen LogP contribution in [-0.4, -0.2) is 39.5 Å². The van der Waals surface area contributed by atoms with E-state index in [0.717, 1.165) is 42.5 Å². The Balaban J connectivity index is 1.41. The fraction of sp³-hybridized carbons (Fsp3) is 0.417. The molecule has 0 saturated carbocycles. The van der Waals surface area contributed by atoms with Crippen molar-refractivity contribution in [3.63, 3.8) is 0 Å². The molecule has 0 aliphatic heterocycles. The fourth-order valence-corrected chi connectivity index (χ4v) is 6.53. The molecule has 1 unspecified atom stereocenters. The van der Waals surface area contributed by atoms with Crippen molar-refractivity contribution in [3.05, 3.63) is 50.1 Å². The molecule has 0 fully saturated rings. The Hall–Kier alpha value is -2.27.